The van der Waals surface area contributed by atoms with Crippen molar-refractivity contribution in [1.29, 1.82) is 0 Å². The van der Waals surface area contributed by atoms with E-state index in [0.717, 1.165) is 69.3 Å². The quantitative estimate of drug-likeness (QED) is 0.687. The topological polar surface area (TPSA) is 64.9 Å². The Morgan fingerprint density at radius 2 is 2.07 bits per heavy atom. The van der Waals surface area contributed by atoms with Gasteiger partial charge in [0.2, 0.25) is 11.8 Å². The Kier molecular flexibility index (Phi) is 5.68. The molecule has 0 aliphatic carbocycles. The molecule has 0 unspecified atom stereocenters. The Morgan fingerprint density at radius 3 is 2.78 bits per heavy atom. The maximum Gasteiger partial charge on any atom is 0.244 e. The van der Waals surface area contributed by atoms with E-state index in [0.29, 0.717) is 17.6 Å². The Balaban J connectivity index is 1.56. The maximum absolute atomic E-state index is 6.25. The van der Waals surface area contributed by atoms with Gasteiger partial charge in [0.25, 0.3) is 0 Å². The molecule has 0 aromatic carbocycles. The van der Waals surface area contributed by atoms with E-state index in [-0.39, 0.29) is 6.10 Å². The predicted octanol–water partition coefficient (Wildman–Crippen LogP) is 1.56. The zero-order valence-corrected chi connectivity index (χ0v) is 16.6. The van der Waals surface area contributed by atoms with Crippen molar-refractivity contribution in [1.82, 2.24) is 19.4 Å². The van der Waals surface area contributed by atoms with Crippen LogP contribution in [-0.2, 0) is 16.5 Å². The highest BCUT2D eigenvalue weighted by molar-refractivity contribution is 6.30. The van der Waals surface area contributed by atoms with Crippen LogP contribution in [0, 0.1) is 0 Å². The van der Waals surface area contributed by atoms with Crippen LogP contribution in [0.2, 0.25) is 5.15 Å². The maximum atomic E-state index is 6.25. The lowest BCUT2D eigenvalue weighted by Gasteiger charge is -2.35. The van der Waals surface area contributed by atoms with E-state index in [1.807, 2.05) is 13.1 Å². The third-order valence-electron chi connectivity index (χ3n) is 5.22. The molecule has 27 heavy (non-hydrogen) atoms. The summed E-state index contributed by atoms with van der Waals surface area (Å²) in [6.45, 7) is 6.87. The van der Waals surface area contributed by atoms with E-state index in [2.05, 4.69) is 19.4 Å². The minimum Gasteiger partial charge on any atom is -0.470 e. The monoisotopic (exact) mass is 395 g/mol. The van der Waals surface area contributed by atoms with Crippen LogP contribution in [0.1, 0.15) is 6.42 Å². The normalized spacial score (nSPS) is 21.3. The minimum atomic E-state index is 0.00829. The number of aryl methyl sites for hydroxylation is 1. The summed E-state index contributed by atoms with van der Waals surface area (Å²) in [7, 11) is 3.76. The third kappa shape index (κ3) is 3.99. The van der Waals surface area contributed by atoms with E-state index in [1.54, 1.807) is 7.11 Å². The smallest absolute Gasteiger partial charge is 0.244 e. The number of halogens is 1. The molecule has 8 nitrogen and oxygen atoms in total. The molecule has 0 N–H and O–H groups in total. The summed E-state index contributed by atoms with van der Waals surface area (Å²) in [5, 5.41) is 0.412. The number of imidazole rings is 1. The SMILES string of the molecule is COCCN1CCN(c2nc3c(O[C@H]4CCOC4)nc(Cl)cc3n2C)CC1. The number of aromatic nitrogens is 3. The highest BCUT2D eigenvalue weighted by Crippen LogP contribution is 2.31. The molecule has 0 radical (unpaired) electrons. The van der Waals surface area contributed by atoms with Gasteiger partial charge >= 0.3 is 0 Å². The average molecular weight is 396 g/mol. The second-order valence-corrected chi connectivity index (χ2v) is 7.40. The van der Waals surface area contributed by atoms with Crippen molar-refractivity contribution in [3.05, 3.63) is 11.2 Å². The standard InChI is InChI=1S/C18H26ClN5O3/c1-22-14-11-15(19)20-17(27-13-3-9-26-12-13)16(14)21-18(22)24-6-4-23(5-7-24)8-10-25-2/h11,13H,3-10,12H2,1-2H3/t13-/m0/s1. The molecular weight excluding hydrogens is 370 g/mol. The Hall–Kier alpha value is -1.61. The molecule has 2 fully saturated rings. The zero-order chi connectivity index (χ0) is 18.8. The van der Waals surface area contributed by atoms with E-state index >= 15 is 0 Å². The number of rotatable bonds is 6. The molecular formula is C18H26ClN5O3. The molecule has 9 heteroatoms. The Labute approximate surface area is 164 Å². The van der Waals surface area contributed by atoms with Crippen molar-refractivity contribution in [2.75, 3.05) is 64.6 Å². The second kappa shape index (κ2) is 8.18. The van der Waals surface area contributed by atoms with E-state index in [1.165, 1.54) is 0 Å². The van der Waals surface area contributed by atoms with Gasteiger partial charge in [0.05, 0.1) is 25.3 Å². The van der Waals surface area contributed by atoms with Crippen LogP contribution < -0.4 is 9.64 Å². The number of piperazine rings is 1. The second-order valence-electron chi connectivity index (χ2n) is 7.01. The molecule has 2 aliphatic rings. The van der Waals surface area contributed by atoms with Crippen molar-refractivity contribution < 1.29 is 14.2 Å². The van der Waals surface area contributed by atoms with Gasteiger partial charge < -0.3 is 23.7 Å². The van der Waals surface area contributed by atoms with Crippen LogP contribution in [0.5, 0.6) is 5.88 Å². The molecule has 2 saturated heterocycles. The van der Waals surface area contributed by atoms with E-state index in [4.69, 9.17) is 30.8 Å². The molecule has 1 atom stereocenters. The van der Waals surface area contributed by atoms with Gasteiger partial charge in [-0.2, -0.15) is 4.98 Å². The van der Waals surface area contributed by atoms with Crippen LogP contribution in [0.15, 0.2) is 6.07 Å². The summed E-state index contributed by atoms with van der Waals surface area (Å²) in [5.41, 5.74) is 1.69. The average Bonchev–Trinajstić information content (AvgIpc) is 3.29. The van der Waals surface area contributed by atoms with Crippen LogP contribution in [0.3, 0.4) is 0 Å². The number of hydrogen-bond acceptors (Lipinski definition) is 7. The molecule has 0 bridgehead atoms. The number of anilines is 1. The number of hydrogen-bond donors (Lipinski definition) is 0. The number of pyridine rings is 1. The molecule has 0 amide bonds. The van der Waals surface area contributed by atoms with Gasteiger partial charge in [0.15, 0.2) is 5.52 Å². The first-order valence-electron chi connectivity index (χ1n) is 9.39. The summed E-state index contributed by atoms with van der Waals surface area (Å²) in [6, 6.07) is 1.85. The zero-order valence-electron chi connectivity index (χ0n) is 15.9. The van der Waals surface area contributed by atoms with Gasteiger partial charge in [0.1, 0.15) is 11.3 Å². The van der Waals surface area contributed by atoms with Crippen LogP contribution in [0.4, 0.5) is 5.95 Å². The van der Waals surface area contributed by atoms with E-state index < -0.39 is 0 Å². The van der Waals surface area contributed by atoms with Gasteiger partial charge in [-0.25, -0.2) is 4.98 Å². The molecule has 148 valence electrons. The fraction of sp³-hybridized carbons (Fsp3) is 0.667. The molecule has 0 spiro atoms. The first-order valence-corrected chi connectivity index (χ1v) is 9.77. The third-order valence-corrected chi connectivity index (χ3v) is 5.41. The van der Waals surface area contributed by atoms with Crippen molar-refractivity contribution in [2.24, 2.45) is 7.05 Å². The fourth-order valence-electron chi connectivity index (χ4n) is 3.64. The van der Waals surface area contributed by atoms with Gasteiger partial charge in [-0.15, -0.1) is 0 Å². The molecule has 4 rings (SSSR count). The first kappa shape index (κ1) is 18.7. The summed E-state index contributed by atoms with van der Waals surface area (Å²) in [4.78, 5) is 14.0. The van der Waals surface area contributed by atoms with Gasteiger partial charge in [-0.3, -0.25) is 4.90 Å². The number of methoxy groups -OCH3 is 1. The van der Waals surface area contributed by atoms with Crippen molar-refractivity contribution >= 4 is 28.6 Å². The minimum absolute atomic E-state index is 0.00829. The van der Waals surface area contributed by atoms with Crippen molar-refractivity contribution in [3.63, 3.8) is 0 Å². The van der Waals surface area contributed by atoms with E-state index in [9.17, 15) is 0 Å². The number of ether oxygens (including phenoxy) is 3. The molecule has 4 heterocycles. The van der Waals surface area contributed by atoms with Gasteiger partial charge in [0, 0.05) is 59.4 Å². The predicted molar refractivity (Wildman–Crippen MR) is 104 cm³/mol. The summed E-state index contributed by atoms with van der Waals surface area (Å²) in [5.74, 6) is 1.42. The Bertz CT molecular complexity index is 785. The van der Waals surface area contributed by atoms with Crippen LogP contribution in [-0.4, -0.2) is 85.2 Å². The molecule has 2 aromatic heterocycles. The highest BCUT2D eigenvalue weighted by atomic mass is 35.5. The van der Waals surface area contributed by atoms with Gasteiger partial charge in [-0.05, 0) is 0 Å². The Morgan fingerprint density at radius 1 is 1.26 bits per heavy atom. The summed E-state index contributed by atoms with van der Waals surface area (Å²) < 4.78 is 18.7. The fourth-order valence-corrected chi connectivity index (χ4v) is 3.82. The van der Waals surface area contributed by atoms with Crippen LogP contribution >= 0.6 is 11.6 Å². The molecule has 0 saturated carbocycles. The van der Waals surface area contributed by atoms with Crippen molar-refractivity contribution in [3.8, 4) is 5.88 Å². The highest BCUT2D eigenvalue weighted by Gasteiger charge is 2.25. The van der Waals surface area contributed by atoms with Crippen LogP contribution in [0.25, 0.3) is 11.0 Å². The summed E-state index contributed by atoms with van der Waals surface area (Å²) in [6.07, 6.45) is 0.868. The lowest BCUT2D eigenvalue weighted by Crippen LogP contribution is -2.48. The number of nitrogens with zero attached hydrogens (tertiary/aromatic N) is 5. The largest absolute Gasteiger partial charge is 0.470 e. The molecule has 2 aromatic rings. The first-order chi connectivity index (χ1) is 13.2. The lowest BCUT2D eigenvalue weighted by molar-refractivity contribution is 0.139. The molecule has 2 aliphatic heterocycles. The van der Waals surface area contributed by atoms with Crippen molar-refractivity contribution in [2.45, 2.75) is 12.5 Å². The summed E-state index contributed by atoms with van der Waals surface area (Å²) >= 11 is 6.25. The number of fused-ring (bicyclic) bond motifs is 1. The lowest BCUT2D eigenvalue weighted by atomic mass is 10.3. The van der Waals surface area contributed by atoms with Gasteiger partial charge in [-0.1, -0.05) is 11.6 Å².